The molecule has 4 nitrogen and oxygen atoms in total. The number of carbonyl (C=O) groups excluding carboxylic acids is 1. The lowest BCUT2D eigenvalue weighted by Crippen LogP contribution is -2.02. The van der Waals surface area contributed by atoms with Crippen molar-refractivity contribution in [3.8, 4) is 11.4 Å². The molecule has 0 amide bonds. The van der Waals surface area contributed by atoms with Gasteiger partial charge in [0.05, 0.1) is 5.75 Å². The Hall–Kier alpha value is -1.63. The van der Waals surface area contributed by atoms with Crippen LogP contribution in [0.5, 0.6) is 0 Å². The second kappa shape index (κ2) is 7.29. The minimum Gasteiger partial charge on any atom is -0.293 e. The Balaban J connectivity index is 1.65. The fourth-order valence-electron chi connectivity index (χ4n) is 1.93. The third-order valence-corrected chi connectivity index (χ3v) is 4.65. The quantitative estimate of drug-likeness (QED) is 0.484. The molecule has 0 aliphatic heterocycles. The number of carbonyl (C=O) groups is 1. The summed E-state index contributed by atoms with van der Waals surface area (Å²) in [5.74, 6) is 0.963. The standard InChI is InChI=1S/C16H11BrClN3OS/c17-12-3-1-2-11(8-12)15-19-16(21-20-15)23-9-14(22)10-4-6-13(18)7-5-10/h1-8H,9H2,(H,19,20,21). The molecule has 0 saturated heterocycles. The lowest BCUT2D eigenvalue weighted by Gasteiger charge is -1.99. The van der Waals surface area contributed by atoms with Crippen LogP contribution >= 0.6 is 39.3 Å². The first-order chi connectivity index (χ1) is 11.1. The van der Waals surface area contributed by atoms with E-state index in [1.807, 2.05) is 24.3 Å². The van der Waals surface area contributed by atoms with Gasteiger partial charge in [0, 0.05) is 20.6 Å². The van der Waals surface area contributed by atoms with Gasteiger partial charge in [0.15, 0.2) is 11.6 Å². The number of nitrogens with zero attached hydrogens (tertiary/aromatic N) is 2. The minimum absolute atomic E-state index is 0.0143. The second-order valence-corrected chi connectivity index (χ2v) is 6.99. The van der Waals surface area contributed by atoms with Crippen LogP contribution in [-0.4, -0.2) is 26.7 Å². The summed E-state index contributed by atoms with van der Waals surface area (Å²) in [4.78, 5) is 16.5. The van der Waals surface area contributed by atoms with Crippen LogP contribution in [0.4, 0.5) is 0 Å². The highest BCUT2D eigenvalue weighted by Gasteiger charge is 2.10. The summed E-state index contributed by atoms with van der Waals surface area (Å²) in [5, 5.41) is 8.19. The number of benzene rings is 2. The molecule has 1 N–H and O–H groups in total. The van der Waals surface area contributed by atoms with Gasteiger partial charge in [-0.15, -0.1) is 5.10 Å². The Morgan fingerprint density at radius 3 is 2.74 bits per heavy atom. The van der Waals surface area contributed by atoms with Crippen molar-refractivity contribution in [1.29, 1.82) is 0 Å². The van der Waals surface area contributed by atoms with Crippen molar-refractivity contribution in [2.45, 2.75) is 5.16 Å². The number of aromatic amines is 1. The van der Waals surface area contributed by atoms with E-state index in [0.717, 1.165) is 10.0 Å². The molecule has 0 spiro atoms. The molecule has 0 aliphatic rings. The van der Waals surface area contributed by atoms with E-state index in [4.69, 9.17) is 11.6 Å². The van der Waals surface area contributed by atoms with Gasteiger partial charge in [-0.3, -0.25) is 9.89 Å². The number of hydrogen-bond donors (Lipinski definition) is 1. The summed E-state index contributed by atoms with van der Waals surface area (Å²) < 4.78 is 0.971. The Morgan fingerprint density at radius 2 is 2.00 bits per heavy atom. The predicted molar refractivity (Wildman–Crippen MR) is 96.0 cm³/mol. The third kappa shape index (κ3) is 4.22. The van der Waals surface area contributed by atoms with Gasteiger partial charge in [0.25, 0.3) is 0 Å². The smallest absolute Gasteiger partial charge is 0.209 e. The number of nitrogens with one attached hydrogen (secondary N) is 1. The highest BCUT2D eigenvalue weighted by molar-refractivity contribution is 9.10. The molecule has 0 atom stereocenters. The molecule has 1 aromatic heterocycles. The zero-order valence-corrected chi connectivity index (χ0v) is 15.0. The lowest BCUT2D eigenvalue weighted by molar-refractivity contribution is 0.102. The Bertz CT molecular complexity index is 835. The summed E-state index contributed by atoms with van der Waals surface area (Å²) in [6.45, 7) is 0. The second-order valence-electron chi connectivity index (χ2n) is 4.70. The summed E-state index contributed by atoms with van der Waals surface area (Å²) in [7, 11) is 0. The molecule has 0 bridgehead atoms. The fraction of sp³-hybridized carbons (Fsp3) is 0.0625. The normalized spacial score (nSPS) is 10.7. The molecule has 0 aliphatic carbocycles. The highest BCUT2D eigenvalue weighted by Crippen LogP contribution is 2.22. The number of ketones is 1. The molecule has 0 fully saturated rings. The van der Waals surface area contributed by atoms with Crippen molar-refractivity contribution < 1.29 is 4.79 Å². The number of Topliss-reactive ketones (excluding diaryl/α,β-unsaturated/α-hetero) is 1. The van der Waals surface area contributed by atoms with Crippen LogP contribution in [0, 0.1) is 0 Å². The summed E-state index contributed by atoms with van der Waals surface area (Å²) in [6.07, 6.45) is 0. The number of hydrogen-bond acceptors (Lipinski definition) is 4. The van der Waals surface area contributed by atoms with E-state index < -0.39 is 0 Å². The SMILES string of the molecule is O=C(CSc1n[nH]c(-c2cccc(Br)c2)n1)c1ccc(Cl)cc1. The lowest BCUT2D eigenvalue weighted by atomic mass is 10.1. The van der Waals surface area contributed by atoms with Gasteiger partial charge in [-0.1, -0.05) is 51.4 Å². The summed E-state index contributed by atoms with van der Waals surface area (Å²) in [5.41, 5.74) is 1.56. The zero-order valence-electron chi connectivity index (χ0n) is 11.8. The van der Waals surface area contributed by atoms with Crippen LogP contribution < -0.4 is 0 Å². The summed E-state index contributed by atoms with van der Waals surface area (Å²) in [6, 6.07) is 14.6. The Morgan fingerprint density at radius 1 is 1.22 bits per heavy atom. The van der Waals surface area contributed by atoms with Gasteiger partial charge in [-0.25, -0.2) is 4.98 Å². The molecule has 0 unspecified atom stereocenters. The van der Waals surface area contributed by atoms with Crippen molar-refractivity contribution in [2.24, 2.45) is 0 Å². The van der Waals surface area contributed by atoms with E-state index in [-0.39, 0.29) is 11.5 Å². The van der Waals surface area contributed by atoms with Crippen molar-refractivity contribution in [1.82, 2.24) is 15.2 Å². The number of aromatic nitrogens is 3. The van der Waals surface area contributed by atoms with E-state index in [1.165, 1.54) is 11.8 Å². The van der Waals surface area contributed by atoms with E-state index in [0.29, 0.717) is 21.6 Å². The number of halogens is 2. The molecule has 23 heavy (non-hydrogen) atoms. The maximum atomic E-state index is 12.1. The largest absolute Gasteiger partial charge is 0.293 e. The Kier molecular flexibility index (Phi) is 5.15. The van der Waals surface area contributed by atoms with Crippen LogP contribution in [0.1, 0.15) is 10.4 Å². The van der Waals surface area contributed by atoms with Crippen molar-refractivity contribution in [2.75, 3.05) is 5.75 Å². The van der Waals surface area contributed by atoms with Gasteiger partial charge >= 0.3 is 0 Å². The monoisotopic (exact) mass is 407 g/mol. The van der Waals surface area contributed by atoms with E-state index >= 15 is 0 Å². The predicted octanol–water partition coefficient (Wildman–Crippen LogP) is 4.86. The maximum absolute atomic E-state index is 12.1. The molecule has 3 rings (SSSR count). The molecule has 0 radical (unpaired) electrons. The molecular formula is C16H11BrClN3OS. The first kappa shape index (κ1) is 16.2. The summed E-state index contributed by atoms with van der Waals surface area (Å²) >= 11 is 10.5. The molecule has 2 aromatic carbocycles. The van der Waals surface area contributed by atoms with Gasteiger partial charge in [0.2, 0.25) is 5.16 Å². The Labute approximate surface area is 150 Å². The van der Waals surface area contributed by atoms with Crippen LogP contribution in [0.2, 0.25) is 5.02 Å². The van der Waals surface area contributed by atoms with Crippen LogP contribution in [0.15, 0.2) is 58.2 Å². The maximum Gasteiger partial charge on any atom is 0.209 e. The molecule has 1 heterocycles. The van der Waals surface area contributed by atoms with Crippen LogP contribution in [0.25, 0.3) is 11.4 Å². The van der Waals surface area contributed by atoms with E-state index in [2.05, 4.69) is 31.1 Å². The van der Waals surface area contributed by atoms with Gasteiger partial charge < -0.3 is 0 Å². The van der Waals surface area contributed by atoms with Gasteiger partial charge in [0.1, 0.15) is 0 Å². The van der Waals surface area contributed by atoms with Crippen molar-refractivity contribution in [3.63, 3.8) is 0 Å². The highest BCUT2D eigenvalue weighted by atomic mass is 79.9. The van der Waals surface area contributed by atoms with Gasteiger partial charge in [-0.05, 0) is 36.4 Å². The molecule has 3 aromatic rings. The molecule has 116 valence electrons. The third-order valence-electron chi connectivity index (χ3n) is 3.06. The number of H-pyrrole nitrogens is 1. The minimum atomic E-state index is 0.0143. The molecule has 0 saturated carbocycles. The first-order valence-corrected chi connectivity index (χ1v) is 8.87. The van der Waals surface area contributed by atoms with Gasteiger partial charge in [-0.2, -0.15) is 0 Å². The first-order valence-electron chi connectivity index (χ1n) is 6.72. The van der Waals surface area contributed by atoms with Crippen LogP contribution in [-0.2, 0) is 0 Å². The number of thioether (sulfide) groups is 1. The van der Waals surface area contributed by atoms with E-state index in [1.54, 1.807) is 24.3 Å². The van der Waals surface area contributed by atoms with E-state index in [9.17, 15) is 4.79 Å². The van der Waals surface area contributed by atoms with Crippen LogP contribution in [0.3, 0.4) is 0 Å². The number of rotatable bonds is 5. The average Bonchev–Trinajstić information content (AvgIpc) is 3.02. The van der Waals surface area contributed by atoms with Crippen molar-refractivity contribution >= 4 is 45.1 Å². The zero-order chi connectivity index (χ0) is 16.2. The van der Waals surface area contributed by atoms with Crippen molar-refractivity contribution in [3.05, 3.63) is 63.6 Å². The average molecular weight is 409 g/mol. The topological polar surface area (TPSA) is 58.6 Å². The molecular weight excluding hydrogens is 398 g/mol. The fourth-order valence-corrected chi connectivity index (χ4v) is 3.14. The molecule has 7 heteroatoms.